The van der Waals surface area contributed by atoms with Gasteiger partial charge >= 0.3 is 19.5 Å². The molecule has 2 nitrogen and oxygen atoms in total. The van der Waals surface area contributed by atoms with E-state index in [-0.39, 0.29) is 19.5 Å². The summed E-state index contributed by atoms with van der Waals surface area (Å²) < 4.78 is 0. The standard InChI is InChI=1S/C8H17.C3H7.H3O2PS2.Zn/c1-4-5-6-7-8(2)3;1-3-2;1-3(2,4)5;/h8H,1,4-7H2,2-3H3;3H,1-2H3;(H3,1,2,4,5);/q2*-1;;+2. The van der Waals surface area contributed by atoms with E-state index in [1.54, 1.807) is 0 Å². The smallest absolute Gasteiger partial charge is 0.343 e. The zero-order valence-corrected chi connectivity index (χ0v) is 17.2. The molecule has 0 aliphatic rings. The van der Waals surface area contributed by atoms with Crippen LogP contribution >= 0.6 is 17.9 Å². The van der Waals surface area contributed by atoms with Crippen molar-refractivity contribution in [1.82, 2.24) is 0 Å². The van der Waals surface area contributed by atoms with Crippen LogP contribution in [0.1, 0.15) is 53.4 Å². The molecule has 0 radical (unpaired) electrons. The van der Waals surface area contributed by atoms with E-state index in [0.717, 1.165) is 12.3 Å². The molecule has 102 valence electrons. The first-order chi connectivity index (χ1) is 7.18. The minimum atomic E-state index is -3.11. The molecule has 0 rings (SSSR count). The minimum Gasteiger partial charge on any atom is -0.343 e. The van der Waals surface area contributed by atoms with Gasteiger partial charge in [0.25, 0.3) is 0 Å². The summed E-state index contributed by atoms with van der Waals surface area (Å²) in [4.78, 5) is 15.7. The second-order valence-electron chi connectivity index (χ2n) is 3.83. The van der Waals surface area contributed by atoms with Crippen molar-refractivity contribution in [3.8, 4) is 0 Å². The Bertz CT molecular complexity index is 155. The van der Waals surface area contributed by atoms with Crippen molar-refractivity contribution in [3.63, 3.8) is 0 Å². The Morgan fingerprint density at radius 3 is 1.76 bits per heavy atom. The van der Waals surface area contributed by atoms with Crippen molar-refractivity contribution in [1.29, 1.82) is 0 Å². The molecule has 0 atom stereocenters. The van der Waals surface area contributed by atoms with Crippen LogP contribution in [0.5, 0.6) is 0 Å². The van der Waals surface area contributed by atoms with E-state index in [1.165, 1.54) is 19.3 Å². The topological polar surface area (TPSA) is 40.5 Å². The van der Waals surface area contributed by atoms with E-state index in [2.05, 4.69) is 44.8 Å². The fourth-order valence-electron chi connectivity index (χ4n) is 0.729. The van der Waals surface area contributed by atoms with Gasteiger partial charge in [-0.2, -0.15) is 20.3 Å². The van der Waals surface area contributed by atoms with Crippen LogP contribution in [-0.4, -0.2) is 9.79 Å². The summed E-state index contributed by atoms with van der Waals surface area (Å²) in [5, 5.41) is 0. The molecule has 0 heterocycles. The predicted octanol–water partition coefficient (Wildman–Crippen LogP) is 4.39. The zero-order valence-electron chi connectivity index (χ0n) is 11.6. The first-order valence-electron chi connectivity index (χ1n) is 5.50. The summed E-state index contributed by atoms with van der Waals surface area (Å²) in [6.45, 7) is 12.3. The molecular formula is C11H27O2PS2Zn. The molecule has 0 spiro atoms. The molecule has 17 heavy (non-hydrogen) atoms. The van der Waals surface area contributed by atoms with E-state index in [1.807, 2.05) is 20.3 Å². The van der Waals surface area contributed by atoms with Gasteiger partial charge in [0.2, 0.25) is 5.69 Å². The third-order valence-electron chi connectivity index (χ3n) is 1.28. The summed E-state index contributed by atoms with van der Waals surface area (Å²) in [5.74, 6) is 0.876. The van der Waals surface area contributed by atoms with Gasteiger partial charge in [0.1, 0.15) is 0 Å². The molecule has 0 amide bonds. The molecule has 0 saturated carbocycles. The second-order valence-corrected chi connectivity index (χ2v) is 8.87. The molecule has 0 aromatic heterocycles. The van der Waals surface area contributed by atoms with Crippen LogP contribution in [0.15, 0.2) is 0 Å². The van der Waals surface area contributed by atoms with Crippen LogP contribution in [-0.2, 0) is 31.3 Å². The average molecular weight is 352 g/mol. The molecule has 0 aromatic carbocycles. The third kappa shape index (κ3) is 99.0. The molecule has 0 aromatic rings. The maximum atomic E-state index is 7.87. The fourth-order valence-corrected chi connectivity index (χ4v) is 0.729. The van der Waals surface area contributed by atoms with E-state index in [9.17, 15) is 0 Å². The Balaban J connectivity index is -0.0000000815. The van der Waals surface area contributed by atoms with Gasteiger partial charge in [0, 0.05) is 0 Å². The van der Waals surface area contributed by atoms with Crippen LogP contribution in [0, 0.1) is 19.3 Å². The zero-order chi connectivity index (χ0) is 13.6. The van der Waals surface area contributed by atoms with E-state index in [0.29, 0.717) is 0 Å². The van der Waals surface area contributed by atoms with E-state index < -0.39 is 5.69 Å². The maximum absolute atomic E-state index is 7.87. The molecule has 0 unspecified atom stereocenters. The Hall–Kier alpha value is 1.54. The maximum Gasteiger partial charge on any atom is 2.00 e. The SMILES string of the molecule is C[CH-]C.OP(O)(=S)S.[CH2-]CCCCC(C)C.[Zn+2]. The van der Waals surface area contributed by atoms with Crippen molar-refractivity contribution in [2.75, 3.05) is 0 Å². The first-order valence-corrected chi connectivity index (χ1v) is 9.36. The van der Waals surface area contributed by atoms with Crippen molar-refractivity contribution in [2.24, 2.45) is 5.92 Å². The quantitative estimate of drug-likeness (QED) is 0.231. The van der Waals surface area contributed by atoms with Gasteiger partial charge in [0.15, 0.2) is 0 Å². The molecule has 2 N–H and O–H groups in total. The van der Waals surface area contributed by atoms with Gasteiger partial charge in [-0.1, -0.05) is 45.4 Å². The Morgan fingerprint density at radius 2 is 1.59 bits per heavy atom. The summed E-state index contributed by atoms with van der Waals surface area (Å²) in [5.41, 5.74) is -3.11. The largest absolute Gasteiger partial charge is 2.00 e. The normalized spacial score (nSPS) is 9.47. The molecule has 0 bridgehead atoms. The number of thiol groups is 1. The third-order valence-corrected chi connectivity index (χ3v) is 1.28. The number of hydrogen-bond donors (Lipinski definition) is 3. The number of rotatable bonds is 4. The van der Waals surface area contributed by atoms with E-state index in [4.69, 9.17) is 9.79 Å². The Kier molecular flexibility index (Phi) is 31.5. The van der Waals surface area contributed by atoms with Crippen molar-refractivity contribution in [3.05, 3.63) is 13.3 Å². The molecule has 0 fully saturated rings. The Morgan fingerprint density at radius 1 is 1.29 bits per heavy atom. The van der Waals surface area contributed by atoms with Gasteiger partial charge < -0.3 is 23.1 Å². The summed E-state index contributed by atoms with van der Waals surface area (Å²) in [7, 11) is 0. The molecular weight excluding hydrogens is 325 g/mol. The molecule has 0 saturated heterocycles. The minimum absolute atomic E-state index is 0. The van der Waals surface area contributed by atoms with Crippen molar-refractivity contribution >= 4 is 29.7 Å². The summed E-state index contributed by atoms with van der Waals surface area (Å²) in [6, 6.07) is 0. The summed E-state index contributed by atoms with van der Waals surface area (Å²) >= 11 is 7.07. The molecule has 0 aliphatic carbocycles. The van der Waals surface area contributed by atoms with Gasteiger partial charge in [0.05, 0.1) is 0 Å². The number of unbranched alkanes of at least 4 members (excludes halogenated alkanes) is 2. The van der Waals surface area contributed by atoms with Crippen LogP contribution in [0.4, 0.5) is 0 Å². The van der Waals surface area contributed by atoms with Gasteiger partial charge in [-0.25, -0.2) is 0 Å². The van der Waals surface area contributed by atoms with Gasteiger partial charge in [-0.15, -0.1) is 0 Å². The van der Waals surface area contributed by atoms with Crippen LogP contribution in [0.25, 0.3) is 0 Å². The second kappa shape index (κ2) is 19.9. The fraction of sp³-hybridized carbons (Fsp3) is 0.818. The molecule has 6 heteroatoms. The average Bonchev–Trinajstić information content (AvgIpc) is 2.02. The van der Waals surface area contributed by atoms with Gasteiger partial charge in [-0.3, -0.25) is 0 Å². The molecule has 0 aliphatic heterocycles. The van der Waals surface area contributed by atoms with Crippen LogP contribution in [0.3, 0.4) is 0 Å². The van der Waals surface area contributed by atoms with Crippen LogP contribution in [0.2, 0.25) is 0 Å². The monoisotopic (exact) mass is 350 g/mol. The van der Waals surface area contributed by atoms with Crippen molar-refractivity contribution < 1.29 is 29.3 Å². The Labute approximate surface area is 131 Å². The first kappa shape index (κ1) is 27.0. The van der Waals surface area contributed by atoms with E-state index >= 15 is 0 Å². The van der Waals surface area contributed by atoms with Gasteiger partial charge in [-0.05, 0) is 17.7 Å². The van der Waals surface area contributed by atoms with Crippen molar-refractivity contribution in [2.45, 2.75) is 53.4 Å². The number of hydrogen-bond acceptors (Lipinski definition) is 1. The summed E-state index contributed by atoms with van der Waals surface area (Å²) in [6.07, 6.45) is 7.14. The van der Waals surface area contributed by atoms with Crippen LogP contribution < -0.4 is 0 Å². The predicted molar refractivity (Wildman–Crippen MR) is 82.0 cm³/mol.